The van der Waals surface area contributed by atoms with Gasteiger partial charge in [-0.15, -0.1) is 5.10 Å². The minimum atomic E-state index is -0.437. The van der Waals surface area contributed by atoms with Gasteiger partial charge in [0.25, 0.3) is 0 Å². The Morgan fingerprint density at radius 2 is 1.88 bits per heavy atom. The van der Waals surface area contributed by atoms with Gasteiger partial charge in [0, 0.05) is 30.3 Å². The number of hydrogen-bond donors (Lipinski definition) is 2. The molecule has 0 radical (unpaired) electrons. The zero-order valence-corrected chi connectivity index (χ0v) is 23.6. The van der Waals surface area contributed by atoms with E-state index in [1.165, 1.54) is 12.8 Å². The highest BCUT2D eigenvalue weighted by atomic mass is 16.5. The summed E-state index contributed by atoms with van der Waals surface area (Å²) in [6, 6.07) is 16.5. The highest BCUT2D eigenvalue weighted by Crippen LogP contribution is 2.35. The number of anilines is 3. The first kappa shape index (κ1) is 27.3. The predicted octanol–water partition coefficient (Wildman–Crippen LogP) is 5.53. The zero-order valence-electron chi connectivity index (χ0n) is 23.6. The van der Waals surface area contributed by atoms with E-state index in [0.29, 0.717) is 46.8 Å². The molecule has 10 nitrogen and oxygen atoms in total. The molecule has 0 unspecified atom stereocenters. The Hall–Kier alpha value is -4.31. The van der Waals surface area contributed by atoms with Crippen LogP contribution in [0, 0.1) is 6.92 Å². The van der Waals surface area contributed by atoms with E-state index in [-0.39, 0.29) is 6.03 Å². The van der Waals surface area contributed by atoms with Crippen LogP contribution in [0.4, 0.5) is 22.0 Å². The number of nitrogens with two attached hydrogens (primary N) is 1. The lowest BCUT2D eigenvalue weighted by Gasteiger charge is -2.30. The molecular weight excluding hydrogens is 506 g/mol. The summed E-state index contributed by atoms with van der Waals surface area (Å²) in [7, 11) is 0. The van der Waals surface area contributed by atoms with Gasteiger partial charge in [-0.05, 0) is 83.5 Å². The molecule has 10 heteroatoms. The molecule has 0 bridgehead atoms. The largest absolute Gasteiger partial charge is 0.492 e. The third kappa shape index (κ3) is 6.63. The second kappa shape index (κ2) is 11.4. The minimum absolute atomic E-state index is 0.254. The van der Waals surface area contributed by atoms with Crippen LogP contribution in [0.15, 0.2) is 60.8 Å². The van der Waals surface area contributed by atoms with Crippen LogP contribution >= 0.6 is 0 Å². The number of fused-ring (bicyclic) bond motifs is 1. The zero-order chi connectivity index (χ0) is 28.3. The predicted molar refractivity (Wildman–Crippen MR) is 157 cm³/mol. The fourth-order valence-corrected chi connectivity index (χ4v) is 4.71. The number of rotatable bonds is 8. The molecule has 3 heterocycles. The van der Waals surface area contributed by atoms with E-state index in [1.54, 1.807) is 27.7 Å². The molecule has 210 valence electrons. The van der Waals surface area contributed by atoms with Gasteiger partial charge in [-0.25, -0.2) is 14.3 Å². The van der Waals surface area contributed by atoms with Crippen LogP contribution in [0.1, 0.15) is 39.2 Å². The van der Waals surface area contributed by atoms with Gasteiger partial charge < -0.3 is 20.5 Å². The smallest absolute Gasteiger partial charge is 0.326 e. The molecule has 0 aliphatic carbocycles. The van der Waals surface area contributed by atoms with Gasteiger partial charge in [-0.1, -0.05) is 12.1 Å². The number of carbonyl (C=O) groups is 1. The molecule has 1 aliphatic heterocycles. The molecule has 3 N–H and O–H groups in total. The minimum Gasteiger partial charge on any atom is -0.492 e. The molecule has 2 aromatic heterocycles. The molecule has 0 saturated carbocycles. The normalized spacial score (nSPS) is 13.9. The van der Waals surface area contributed by atoms with Crippen molar-refractivity contribution in [3.05, 3.63) is 66.4 Å². The molecule has 2 amide bonds. The molecular formula is C30H37N7O3. The van der Waals surface area contributed by atoms with Gasteiger partial charge in [0.1, 0.15) is 23.9 Å². The van der Waals surface area contributed by atoms with Gasteiger partial charge in [-0.3, -0.25) is 9.80 Å². The molecule has 1 fully saturated rings. The number of nitrogens with zero attached hydrogens (tertiary/aromatic N) is 5. The second-order valence-electron chi connectivity index (χ2n) is 11.1. The third-order valence-electron chi connectivity index (χ3n) is 6.59. The van der Waals surface area contributed by atoms with Crippen molar-refractivity contribution in [2.75, 3.05) is 36.9 Å². The summed E-state index contributed by atoms with van der Waals surface area (Å²) >= 11 is 0. The second-order valence-corrected chi connectivity index (χ2v) is 11.1. The lowest BCUT2D eigenvalue weighted by molar-refractivity contribution is 0.237. The Labute approximate surface area is 234 Å². The Balaban J connectivity index is 1.43. The Morgan fingerprint density at radius 3 is 2.65 bits per heavy atom. The van der Waals surface area contributed by atoms with E-state index in [4.69, 9.17) is 15.2 Å². The highest BCUT2D eigenvalue weighted by Gasteiger charge is 2.25. The number of nitrogens with one attached hydrogen (secondary N) is 1. The third-order valence-corrected chi connectivity index (χ3v) is 6.59. The number of hydrogen-bond acceptors (Lipinski definition) is 7. The Bertz CT molecular complexity index is 1490. The van der Waals surface area contributed by atoms with Crippen LogP contribution in [-0.2, 0) is 0 Å². The molecule has 1 aliphatic rings. The molecule has 40 heavy (non-hydrogen) atoms. The summed E-state index contributed by atoms with van der Waals surface area (Å²) in [6.07, 6.45) is 4.12. The number of likely N-dealkylation sites (tertiary alicyclic amines) is 1. The highest BCUT2D eigenvalue weighted by molar-refractivity contribution is 6.00. The van der Waals surface area contributed by atoms with Crippen molar-refractivity contribution in [3.8, 4) is 17.4 Å². The van der Waals surface area contributed by atoms with Crippen LogP contribution in [0.25, 0.3) is 5.65 Å². The summed E-state index contributed by atoms with van der Waals surface area (Å²) < 4.78 is 13.8. The van der Waals surface area contributed by atoms with Crippen LogP contribution in [0.5, 0.6) is 17.4 Å². The topological polar surface area (TPSA) is 110 Å². The quantitative estimate of drug-likeness (QED) is 0.301. The Kier molecular flexibility index (Phi) is 7.79. The fraction of sp³-hybridized carbons (Fsp3) is 0.367. The number of nitrogen functional groups attached to an aromatic ring is 1. The Morgan fingerprint density at radius 1 is 1.07 bits per heavy atom. The van der Waals surface area contributed by atoms with E-state index in [2.05, 4.69) is 20.3 Å². The number of carbonyl (C=O) groups excluding carboxylic acids is 1. The number of ether oxygens (including phenoxy) is 2. The summed E-state index contributed by atoms with van der Waals surface area (Å²) in [5, 5.41) is 7.54. The van der Waals surface area contributed by atoms with E-state index >= 15 is 0 Å². The number of aromatic nitrogens is 3. The fourth-order valence-electron chi connectivity index (χ4n) is 4.71. The van der Waals surface area contributed by atoms with E-state index in [9.17, 15) is 4.79 Å². The van der Waals surface area contributed by atoms with Crippen LogP contribution in [-0.4, -0.2) is 57.3 Å². The van der Waals surface area contributed by atoms with Crippen molar-refractivity contribution in [3.63, 3.8) is 0 Å². The molecule has 2 aromatic carbocycles. The first-order valence-corrected chi connectivity index (χ1v) is 13.6. The average molecular weight is 544 g/mol. The van der Waals surface area contributed by atoms with Gasteiger partial charge in [-0.2, -0.15) is 0 Å². The summed E-state index contributed by atoms with van der Waals surface area (Å²) in [6.45, 7) is 11.6. The van der Waals surface area contributed by atoms with Gasteiger partial charge in [0.15, 0.2) is 5.65 Å². The van der Waals surface area contributed by atoms with E-state index in [0.717, 1.165) is 25.2 Å². The van der Waals surface area contributed by atoms with Crippen LogP contribution in [0.2, 0.25) is 0 Å². The van der Waals surface area contributed by atoms with Gasteiger partial charge in [0.2, 0.25) is 5.88 Å². The van der Waals surface area contributed by atoms with E-state index in [1.807, 2.05) is 70.2 Å². The number of benzene rings is 2. The average Bonchev–Trinajstić information content (AvgIpc) is 3.54. The molecule has 5 rings (SSSR count). The number of urea groups is 1. The number of aryl methyl sites for hydroxylation is 1. The molecule has 1 saturated heterocycles. The standard InChI is InChI=1S/C30H37N7O3/c1-21-10-11-24(40-28-13-12-27-32-26(31)20-36(27)34-28)19-25(21)37(29(38)33-30(2,3)4)22-8-7-9-23(18-22)39-17-16-35-14-5-6-15-35/h7-13,18-20H,5-6,14-17,31H2,1-4H3,(H,33,38). The van der Waals surface area contributed by atoms with Gasteiger partial charge in [0.05, 0.1) is 17.6 Å². The summed E-state index contributed by atoms with van der Waals surface area (Å²) in [5.41, 5.74) is 8.25. The summed E-state index contributed by atoms with van der Waals surface area (Å²) in [5.74, 6) is 2.00. The first-order chi connectivity index (χ1) is 19.1. The molecule has 0 atom stereocenters. The lowest BCUT2D eigenvalue weighted by Crippen LogP contribution is -2.47. The van der Waals surface area contributed by atoms with Gasteiger partial charge >= 0.3 is 6.03 Å². The van der Waals surface area contributed by atoms with Crippen LogP contribution in [0.3, 0.4) is 0 Å². The molecule has 4 aromatic rings. The SMILES string of the molecule is Cc1ccc(Oc2ccc3nc(N)cn3n2)cc1N(C(=O)NC(C)(C)C)c1cccc(OCCN2CCCC2)c1. The van der Waals surface area contributed by atoms with Crippen molar-refractivity contribution in [1.82, 2.24) is 24.8 Å². The number of imidazole rings is 1. The van der Waals surface area contributed by atoms with Crippen molar-refractivity contribution in [2.24, 2.45) is 0 Å². The number of amides is 2. The van der Waals surface area contributed by atoms with Crippen molar-refractivity contribution >= 4 is 28.9 Å². The first-order valence-electron chi connectivity index (χ1n) is 13.6. The molecule has 0 spiro atoms. The van der Waals surface area contributed by atoms with E-state index < -0.39 is 5.54 Å². The maximum Gasteiger partial charge on any atom is 0.326 e. The van der Waals surface area contributed by atoms with Crippen molar-refractivity contribution < 1.29 is 14.3 Å². The van der Waals surface area contributed by atoms with Crippen LogP contribution < -0.4 is 25.4 Å². The van der Waals surface area contributed by atoms with Crippen molar-refractivity contribution in [2.45, 2.75) is 46.1 Å². The summed E-state index contributed by atoms with van der Waals surface area (Å²) in [4.78, 5) is 22.0. The monoisotopic (exact) mass is 543 g/mol. The van der Waals surface area contributed by atoms with Crippen molar-refractivity contribution in [1.29, 1.82) is 0 Å². The lowest BCUT2D eigenvalue weighted by atomic mass is 10.1. The maximum absolute atomic E-state index is 13.7. The maximum atomic E-state index is 13.7.